The van der Waals surface area contributed by atoms with E-state index in [4.69, 9.17) is 16.2 Å². The van der Waals surface area contributed by atoms with Crippen LogP contribution in [0.1, 0.15) is 17.3 Å². The Morgan fingerprint density at radius 3 is 2.55 bits per heavy atom. The Morgan fingerprint density at radius 2 is 2.00 bits per heavy atom. The Hall–Kier alpha value is -2.03. The molecule has 1 aliphatic rings. The summed E-state index contributed by atoms with van der Waals surface area (Å²) in [7, 11) is 0. The third-order valence-electron chi connectivity index (χ3n) is 3.04. The number of piperazine rings is 1. The molecule has 0 saturated carbocycles. The number of ether oxygens (including phenoxy) is 1. The minimum absolute atomic E-state index is 0.158. The Labute approximate surface area is 120 Å². The highest BCUT2D eigenvalue weighted by molar-refractivity contribution is 7.11. The highest BCUT2D eigenvalue weighted by Gasteiger charge is 2.27. The molecular weight excluding hydrogens is 282 g/mol. The normalized spacial score (nSPS) is 15.2. The lowest BCUT2D eigenvalue weighted by atomic mass is 10.2. The largest absolute Gasteiger partial charge is 0.450 e. The van der Waals surface area contributed by atoms with Crippen LogP contribution in [0.4, 0.5) is 15.6 Å². The van der Waals surface area contributed by atoms with Gasteiger partial charge in [0.1, 0.15) is 10.6 Å². The van der Waals surface area contributed by atoms with Gasteiger partial charge in [0, 0.05) is 26.2 Å². The quantitative estimate of drug-likeness (QED) is 0.818. The second kappa shape index (κ2) is 5.95. The number of carbonyl (C=O) groups is 2. The predicted molar refractivity (Wildman–Crippen MR) is 75.9 cm³/mol. The van der Waals surface area contributed by atoms with Crippen molar-refractivity contribution in [3.05, 3.63) is 5.56 Å². The molecule has 20 heavy (non-hydrogen) atoms. The van der Waals surface area contributed by atoms with Gasteiger partial charge in [0.25, 0.3) is 5.91 Å². The maximum atomic E-state index is 11.6. The molecule has 0 radical (unpaired) electrons. The average molecular weight is 299 g/mol. The number of hydrogen-bond donors (Lipinski definition) is 2. The fourth-order valence-electron chi connectivity index (χ4n) is 2.05. The maximum Gasteiger partial charge on any atom is 0.409 e. The zero-order chi connectivity index (χ0) is 14.7. The Morgan fingerprint density at radius 1 is 1.35 bits per heavy atom. The highest BCUT2D eigenvalue weighted by Crippen LogP contribution is 2.30. The van der Waals surface area contributed by atoms with Gasteiger partial charge in [-0.1, -0.05) is 0 Å². The molecule has 0 unspecified atom stereocenters. The molecule has 0 spiro atoms. The second-order valence-electron chi connectivity index (χ2n) is 4.29. The number of nitrogens with zero attached hydrogens (tertiary/aromatic N) is 3. The molecular formula is C11H17N5O3S. The molecule has 0 aliphatic carbocycles. The SMILES string of the molecule is CCOC(=O)N1CCN(c2snc(N)c2C(N)=O)CC1. The van der Waals surface area contributed by atoms with E-state index in [1.54, 1.807) is 11.8 Å². The Bertz CT molecular complexity index is 510. The highest BCUT2D eigenvalue weighted by atomic mass is 32.1. The number of carbonyl (C=O) groups excluding carboxylic acids is 2. The molecule has 1 aliphatic heterocycles. The van der Waals surface area contributed by atoms with Gasteiger partial charge in [-0.3, -0.25) is 4.79 Å². The molecule has 1 aromatic heterocycles. The zero-order valence-electron chi connectivity index (χ0n) is 11.2. The van der Waals surface area contributed by atoms with Crippen LogP contribution in [0, 0.1) is 0 Å². The molecule has 4 N–H and O–H groups in total. The molecule has 1 aromatic rings. The van der Waals surface area contributed by atoms with Gasteiger partial charge < -0.3 is 26.0 Å². The minimum Gasteiger partial charge on any atom is -0.450 e. The minimum atomic E-state index is -0.584. The fraction of sp³-hybridized carbons (Fsp3) is 0.545. The van der Waals surface area contributed by atoms with E-state index in [2.05, 4.69) is 4.37 Å². The van der Waals surface area contributed by atoms with Crippen LogP contribution in [0.25, 0.3) is 0 Å². The lowest BCUT2D eigenvalue weighted by molar-refractivity contribution is 0.0996. The number of primary amides is 1. The van der Waals surface area contributed by atoms with Crippen molar-refractivity contribution in [3.8, 4) is 0 Å². The summed E-state index contributed by atoms with van der Waals surface area (Å²) in [6, 6.07) is 0. The molecule has 1 fully saturated rings. The molecule has 0 bridgehead atoms. The molecule has 0 atom stereocenters. The van der Waals surface area contributed by atoms with E-state index < -0.39 is 5.91 Å². The summed E-state index contributed by atoms with van der Waals surface area (Å²) in [6.07, 6.45) is -0.314. The number of anilines is 2. The standard InChI is InChI=1S/C11H17N5O3S/c1-2-19-11(18)16-5-3-15(4-6-16)10-7(9(13)17)8(12)14-20-10/h2-6H2,1H3,(H2,12,14)(H2,13,17). The number of hydrogen-bond acceptors (Lipinski definition) is 7. The van der Waals surface area contributed by atoms with Crippen molar-refractivity contribution in [2.45, 2.75) is 6.92 Å². The van der Waals surface area contributed by atoms with Crippen LogP contribution in [-0.2, 0) is 4.74 Å². The summed E-state index contributed by atoms with van der Waals surface area (Å²) in [5.74, 6) is -0.426. The van der Waals surface area contributed by atoms with Gasteiger partial charge in [-0.05, 0) is 18.5 Å². The first kappa shape index (κ1) is 14.4. The Kier molecular flexibility index (Phi) is 4.28. The summed E-state index contributed by atoms with van der Waals surface area (Å²) in [5, 5.41) is 0.665. The summed E-state index contributed by atoms with van der Waals surface area (Å²) < 4.78 is 8.92. The number of amides is 2. The molecule has 9 heteroatoms. The van der Waals surface area contributed by atoms with Gasteiger partial charge in [0.05, 0.1) is 6.61 Å². The van der Waals surface area contributed by atoms with E-state index in [0.29, 0.717) is 37.8 Å². The number of nitrogens with two attached hydrogens (primary N) is 2. The summed E-state index contributed by atoms with van der Waals surface area (Å²) in [5.41, 5.74) is 11.2. The number of nitrogen functional groups attached to an aromatic ring is 1. The van der Waals surface area contributed by atoms with E-state index in [1.807, 2.05) is 4.90 Å². The van der Waals surface area contributed by atoms with Gasteiger partial charge in [-0.2, -0.15) is 4.37 Å². The van der Waals surface area contributed by atoms with E-state index in [-0.39, 0.29) is 17.5 Å². The third-order valence-corrected chi connectivity index (χ3v) is 3.96. The van der Waals surface area contributed by atoms with E-state index >= 15 is 0 Å². The third kappa shape index (κ3) is 2.77. The van der Waals surface area contributed by atoms with Crippen molar-refractivity contribution < 1.29 is 14.3 Å². The second-order valence-corrected chi connectivity index (χ2v) is 5.04. The van der Waals surface area contributed by atoms with Gasteiger partial charge in [0.15, 0.2) is 5.82 Å². The first-order valence-electron chi connectivity index (χ1n) is 6.26. The molecule has 2 rings (SSSR count). The molecule has 8 nitrogen and oxygen atoms in total. The first-order chi connectivity index (χ1) is 9.54. The molecule has 2 amide bonds. The summed E-state index contributed by atoms with van der Waals surface area (Å²) in [4.78, 5) is 26.6. The van der Waals surface area contributed by atoms with Crippen molar-refractivity contribution in [3.63, 3.8) is 0 Å². The Balaban J connectivity index is 2.04. The lowest BCUT2D eigenvalue weighted by Crippen LogP contribution is -2.49. The van der Waals surface area contributed by atoms with Crippen LogP contribution >= 0.6 is 11.5 Å². The average Bonchev–Trinajstić information content (AvgIpc) is 2.81. The van der Waals surface area contributed by atoms with Gasteiger partial charge >= 0.3 is 6.09 Å². The van der Waals surface area contributed by atoms with Crippen molar-refractivity contribution in [1.82, 2.24) is 9.27 Å². The van der Waals surface area contributed by atoms with Gasteiger partial charge in [-0.25, -0.2) is 4.79 Å². The monoisotopic (exact) mass is 299 g/mol. The maximum absolute atomic E-state index is 11.6. The van der Waals surface area contributed by atoms with E-state index in [0.717, 1.165) is 11.5 Å². The molecule has 0 aromatic carbocycles. The van der Waals surface area contributed by atoms with Crippen molar-refractivity contribution in [1.29, 1.82) is 0 Å². The molecule has 110 valence electrons. The van der Waals surface area contributed by atoms with Crippen LogP contribution in [-0.4, -0.2) is 54.1 Å². The van der Waals surface area contributed by atoms with Crippen LogP contribution < -0.4 is 16.4 Å². The van der Waals surface area contributed by atoms with Gasteiger partial charge in [-0.15, -0.1) is 0 Å². The smallest absolute Gasteiger partial charge is 0.409 e. The van der Waals surface area contributed by atoms with Crippen LogP contribution in [0.15, 0.2) is 0 Å². The van der Waals surface area contributed by atoms with Crippen LogP contribution in [0.5, 0.6) is 0 Å². The summed E-state index contributed by atoms with van der Waals surface area (Å²) >= 11 is 1.15. The van der Waals surface area contributed by atoms with Crippen LogP contribution in [0.3, 0.4) is 0 Å². The first-order valence-corrected chi connectivity index (χ1v) is 7.03. The topological polar surface area (TPSA) is 115 Å². The molecule has 2 heterocycles. The van der Waals surface area contributed by atoms with Crippen LogP contribution in [0.2, 0.25) is 0 Å². The van der Waals surface area contributed by atoms with Crippen molar-refractivity contribution >= 4 is 34.4 Å². The molecule has 1 saturated heterocycles. The van der Waals surface area contributed by atoms with E-state index in [9.17, 15) is 9.59 Å². The zero-order valence-corrected chi connectivity index (χ0v) is 12.0. The van der Waals surface area contributed by atoms with Gasteiger partial charge in [0.2, 0.25) is 0 Å². The lowest BCUT2D eigenvalue weighted by Gasteiger charge is -2.34. The summed E-state index contributed by atoms with van der Waals surface area (Å²) in [6.45, 7) is 4.34. The van der Waals surface area contributed by atoms with Crippen molar-refractivity contribution in [2.75, 3.05) is 43.4 Å². The number of aromatic nitrogens is 1. The van der Waals surface area contributed by atoms with Crippen molar-refractivity contribution in [2.24, 2.45) is 5.73 Å². The van der Waals surface area contributed by atoms with E-state index in [1.165, 1.54) is 0 Å². The fourth-order valence-corrected chi connectivity index (χ4v) is 2.92. The predicted octanol–water partition coefficient (Wildman–Crippen LogP) is 0.103. The number of rotatable bonds is 3.